The van der Waals surface area contributed by atoms with Crippen LogP contribution in [0.3, 0.4) is 0 Å². The smallest absolute Gasteiger partial charge is 0.311 e. The molecule has 1 rings (SSSR count). The van der Waals surface area contributed by atoms with Gasteiger partial charge in [-0.05, 0) is 29.2 Å². The fourth-order valence-electron chi connectivity index (χ4n) is 1.81. The minimum absolute atomic E-state index is 0.0381. The van der Waals surface area contributed by atoms with Crippen molar-refractivity contribution < 1.29 is 9.66 Å². The molecule has 1 unspecified atom stereocenters. The first-order chi connectivity index (χ1) is 9.29. The van der Waals surface area contributed by atoms with Crippen LogP contribution in [0.4, 0.5) is 5.69 Å². The van der Waals surface area contributed by atoms with Gasteiger partial charge in [-0.15, -0.1) is 0 Å². The molecule has 0 N–H and O–H groups in total. The highest BCUT2D eigenvalue weighted by Gasteiger charge is 2.25. The summed E-state index contributed by atoms with van der Waals surface area (Å²) in [7, 11) is 0. The fraction of sp³-hybridized carbons (Fsp3) is 0.600. The molecule has 0 saturated carbocycles. The zero-order chi connectivity index (χ0) is 15.3. The molecule has 1 aromatic rings. The molecule has 20 heavy (non-hydrogen) atoms. The molecule has 1 aromatic carbocycles. The zero-order valence-electron chi connectivity index (χ0n) is 12.5. The predicted molar refractivity (Wildman–Crippen MR) is 84.8 cm³/mol. The molecule has 0 aliphatic carbocycles. The van der Waals surface area contributed by atoms with Gasteiger partial charge in [0.25, 0.3) is 0 Å². The fourth-order valence-corrected chi connectivity index (χ4v) is 2.47. The molecule has 0 radical (unpaired) electrons. The Kier molecular flexibility index (Phi) is 5.87. The van der Waals surface area contributed by atoms with Crippen LogP contribution < -0.4 is 4.74 Å². The Hall–Kier alpha value is -1.23. The van der Waals surface area contributed by atoms with Crippen LogP contribution in [0.25, 0.3) is 0 Å². The van der Waals surface area contributed by atoms with E-state index in [2.05, 4.69) is 33.4 Å². The van der Waals surface area contributed by atoms with E-state index in [0.717, 1.165) is 12.0 Å². The van der Waals surface area contributed by atoms with Gasteiger partial charge in [0.1, 0.15) is 0 Å². The third-order valence-electron chi connectivity index (χ3n) is 3.51. The lowest BCUT2D eigenvalue weighted by molar-refractivity contribution is -0.386. The molecule has 0 amide bonds. The van der Waals surface area contributed by atoms with Gasteiger partial charge < -0.3 is 4.74 Å². The Morgan fingerprint density at radius 1 is 1.40 bits per heavy atom. The third kappa shape index (κ3) is 4.40. The summed E-state index contributed by atoms with van der Waals surface area (Å²) in [6, 6.07) is 5.15. The topological polar surface area (TPSA) is 52.4 Å². The molecule has 0 saturated heterocycles. The maximum absolute atomic E-state index is 11.1. The Morgan fingerprint density at radius 2 is 2.05 bits per heavy atom. The number of aryl methyl sites for hydroxylation is 1. The van der Waals surface area contributed by atoms with Gasteiger partial charge in [-0.1, -0.05) is 33.8 Å². The molecule has 0 spiro atoms. The van der Waals surface area contributed by atoms with Crippen molar-refractivity contribution >= 4 is 18.3 Å². The van der Waals surface area contributed by atoms with Crippen LogP contribution in [0.5, 0.6) is 5.75 Å². The van der Waals surface area contributed by atoms with Crippen LogP contribution in [0.1, 0.15) is 33.3 Å². The summed E-state index contributed by atoms with van der Waals surface area (Å²) in [6.07, 6.45) is 0.766. The predicted octanol–water partition coefficient (Wildman–Crippen LogP) is 4.13. The minimum atomic E-state index is -0.388. The molecular weight excluding hydrogens is 274 g/mol. The second-order valence-electron chi connectivity index (χ2n) is 5.97. The van der Waals surface area contributed by atoms with E-state index < -0.39 is 0 Å². The van der Waals surface area contributed by atoms with Crippen molar-refractivity contribution in [1.29, 1.82) is 0 Å². The van der Waals surface area contributed by atoms with E-state index in [1.807, 2.05) is 13.0 Å². The molecular formula is C15H23NO3S. The van der Waals surface area contributed by atoms with Crippen molar-refractivity contribution in [3.63, 3.8) is 0 Å². The number of benzene rings is 1. The number of thiol groups is 1. The molecule has 0 fully saturated rings. The highest BCUT2D eigenvalue weighted by molar-refractivity contribution is 7.80. The number of nitrogens with zero attached hydrogens (tertiary/aromatic N) is 1. The van der Waals surface area contributed by atoms with Crippen molar-refractivity contribution in [3.05, 3.63) is 33.9 Å². The maximum atomic E-state index is 11.1. The van der Waals surface area contributed by atoms with E-state index in [1.54, 1.807) is 12.1 Å². The van der Waals surface area contributed by atoms with E-state index >= 15 is 0 Å². The molecule has 0 bridgehead atoms. The van der Waals surface area contributed by atoms with E-state index in [0.29, 0.717) is 18.1 Å². The summed E-state index contributed by atoms with van der Waals surface area (Å²) >= 11 is 4.34. The lowest BCUT2D eigenvalue weighted by atomic mass is 9.82. The third-order valence-corrected chi connectivity index (χ3v) is 3.95. The van der Waals surface area contributed by atoms with E-state index in [-0.39, 0.29) is 21.9 Å². The average Bonchev–Trinajstić information content (AvgIpc) is 2.37. The lowest BCUT2D eigenvalue weighted by Crippen LogP contribution is -2.28. The van der Waals surface area contributed by atoms with Crippen molar-refractivity contribution in [2.45, 2.75) is 34.1 Å². The van der Waals surface area contributed by atoms with E-state index in [9.17, 15) is 10.1 Å². The van der Waals surface area contributed by atoms with Gasteiger partial charge in [-0.2, -0.15) is 12.6 Å². The molecule has 5 heteroatoms. The zero-order valence-corrected chi connectivity index (χ0v) is 13.4. The van der Waals surface area contributed by atoms with Crippen LogP contribution in [-0.2, 0) is 6.42 Å². The summed E-state index contributed by atoms with van der Waals surface area (Å²) in [5.74, 6) is 1.25. The monoisotopic (exact) mass is 297 g/mol. The van der Waals surface area contributed by atoms with Crippen LogP contribution in [0.15, 0.2) is 18.2 Å². The van der Waals surface area contributed by atoms with Gasteiger partial charge in [0.2, 0.25) is 0 Å². The molecule has 0 aliphatic heterocycles. The summed E-state index contributed by atoms with van der Waals surface area (Å²) in [5.41, 5.74) is 1.03. The first-order valence-electron chi connectivity index (χ1n) is 6.80. The van der Waals surface area contributed by atoms with Crippen molar-refractivity contribution in [2.75, 3.05) is 12.4 Å². The van der Waals surface area contributed by atoms with Gasteiger partial charge in [0.15, 0.2) is 5.75 Å². The van der Waals surface area contributed by atoms with Crippen molar-refractivity contribution in [3.8, 4) is 5.75 Å². The normalized spacial score (nSPS) is 13.1. The number of rotatable bonds is 6. The molecule has 0 heterocycles. The van der Waals surface area contributed by atoms with E-state index in [1.165, 1.54) is 0 Å². The van der Waals surface area contributed by atoms with E-state index in [4.69, 9.17) is 4.74 Å². The number of hydrogen-bond acceptors (Lipinski definition) is 4. The SMILES string of the molecule is CCc1ccc(OCC(CS)C(C)(C)C)c([N+](=O)[O-])c1. The van der Waals surface area contributed by atoms with Crippen LogP contribution in [-0.4, -0.2) is 17.3 Å². The summed E-state index contributed by atoms with van der Waals surface area (Å²) in [6.45, 7) is 8.75. The molecule has 112 valence electrons. The van der Waals surface area contributed by atoms with Crippen LogP contribution in [0, 0.1) is 21.4 Å². The quantitative estimate of drug-likeness (QED) is 0.488. The van der Waals surface area contributed by atoms with Gasteiger partial charge >= 0.3 is 5.69 Å². The number of hydrogen-bond donors (Lipinski definition) is 1. The Bertz CT molecular complexity index is 469. The largest absolute Gasteiger partial charge is 0.486 e. The van der Waals surface area contributed by atoms with Gasteiger partial charge in [0.05, 0.1) is 11.5 Å². The van der Waals surface area contributed by atoms with Gasteiger partial charge in [-0.25, -0.2) is 0 Å². The number of nitro benzene ring substituents is 1. The molecule has 4 nitrogen and oxygen atoms in total. The molecule has 0 aliphatic rings. The molecule has 0 aromatic heterocycles. The first-order valence-corrected chi connectivity index (χ1v) is 7.43. The van der Waals surface area contributed by atoms with Crippen LogP contribution >= 0.6 is 12.6 Å². The summed E-state index contributed by atoms with van der Waals surface area (Å²) in [5, 5.41) is 11.1. The molecule has 1 atom stereocenters. The van der Waals surface area contributed by atoms with Crippen molar-refractivity contribution in [2.24, 2.45) is 11.3 Å². The second kappa shape index (κ2) is 6.97. The summed E-state index contributed by atoms with van der Waals surface area (Å²) < 4.78 is 5.69. The van der Waals surface area contributed by atoms with Gasteiger partial charge in [-0.3, -0.25) is 10.1 Å². The first kappa shape index (κ1) is 16.8. The maximum Gasteiger partial charge on any atom is 0.311 e. The highest BCUT2D eigenvalue weighted by Crippen LogP contribution is 2.31. The summed E-state index contributed by atoms with van der Waals surface area (Å²) in [4.78, 5) is 10.7. The van der Waals surface area contributed by atoms with Crippen LogP contribution in [0.2, 0.25) is 0 Å². The Balaban J connectivity index is 2.89. The number of ether oxygens (including phenoxy) is 1. The highest BCUT2D eigenvalue weighted by atomic mass is 32.1. The average molecular weight is 297 g/mol. The standard InChI is InChI=1S/C15H23NO3S/c1-5-11-6-7-14(13(8-11)16(17)18)19-9-12(10-20)15(2,3)4/h6-8,12,20H,5,9-10H2,1-4H3. The Labute approximate surface area is 126 Å². The van der Waals surface area contributed by atoms with Crippen molar-refractivity contribution in [1.82, 2.24) is 0 Å². The Morgan fingerprint density at radius 3 is 2.50 bits per heavy atom. The number of nitro groups is 1. The van der Waals surface area contributed by atoms with Gasteiger partial charge in [0, 0.05) is 12.0 Å². The minimum Gasteiger partial charge on any atom is -0.486 e. The lowest BCUT2D eigenvalue weighted by Gasteiger charge is -2.29. The second-order valence-corrected chi connectivity index (χ2v) is 6.33.